The first-order valence-electron chi connectivity index (χ1n) is 21.2. The van der Waals surface area contributed by atoms with Gasteiger partial charge in [0, 0.05) is 27.8 Å². The van der Waals surface area contributed by atoms with Gasteiger partial charge in [-0.2, -0.15) is 0 Å². The minimum atomic E-state index is 0.898. The smallest absolute Gasteiger partial charge is 0.136 e. The van der Waals surface area contributed by atoms with Gasteiger partial charge in [0.05, 0.1) is 0 Å². The molecule has 11 aromatic carbocycles. The summed E-state index contributed by atoms with van der Waals surface area (Å²) in [5.74, 6) is 0. The summed E-state index contributed by atoms with van der Waals surface area (Å²) >= 11 is 0. The molecular formula is C60H39NO. The average molecular weight is 790 g/mol. The molecule has 0 bridgehead atoms. The molecule has 2 nitrogen and oxygen atoms in total. The molecule has 290 valence electrons. The summed E-state index contributed by atoms with van der Waals surface area (Å²) in [4.78, 5) is 2.38. The van der Waals surface area contributed by atoms with Crippen LogP contribution in [0, 0.1) is 0 Å². The molecular weight excluding hydrogens is 751 g/mol. The Bertz CT molecular complexity index is 3630. The lowest BCUT2D eigenvalue weighted by atomic mass is 9.96. The van der Waals surface area contributed by atoms with Gasteiger partial charge in [-0.1, -0.05) is 182 Å². The van der Waals surface area contributed by atoms with Crippen LogP contribution in [0.4, 0.5) is 17.1 Å². The molecule has 0 saturated carbocycles. The Balaban J connectivity index is 0.956. The highest BCUT2D eigenvalue weighted by molar-refractivity contribution is 6.12. The normalized spacial score (nSPS) is 11.5. The topological polar surface area (TPSA) is 16.4 Å². The maximum atomic E-state index is 6.27. The lowest BCUT2D eigenvalue weighted by molar-refractivity contribution is 0.669. The van der Waals surface area contributed by atoms with Gasteiger partial charge >= 0.3 is 0 Å². The zero-order chi connectivity index (χ0) is 41.0. The molecule has 62 heavy (non-hydrogen) atoms. The summed E-state index contributed by atoms with van der Waals surface area (Å²) in [6.45, 7) is 0. The zero-order valence-electron chi connectivity index (χ0n) is 33.9. The Kier molecular flexibility index (Phi) is 8.53. The first kappa shape index (κ1) is 35.7. The predicted octanol–water partition coefficient (Wildman–Crippen LogP) is 17.2. The standard InChI is InChI=1S/C60H39NO/c1-3-18-52-41(11-1)13-9-21-54(52)43-27-25-40(26-28-43)45-14-7-16-50(38-45)61(49-34-31-44(32-35-49)56-22-10-24-59-60(56)57-20-5-6-23-58(57)62-59)51-17-8-15-46(39-51)47-33-36-55-48(37-47)30-29-42-12-2-4-19-53(42)55/h1-39H. The van der Waals surface area contributed by atoms with Crippen LogP contribution in [0.2, 0.25) is 0 Å². The Morgan fingerprint density at radius 3 is 1.55 bits per heavy atom. The Hall–Kier alpha value is -8.20. The van der Waals surface area contributed by atoms with Crippen LogP contribution in [0.5, 0.6) is 0 Å². The maximum absolute atomic E-state index is 6.27. The van der Waals surface area contributed by atoms with Crippen molar-refractivity contribution in [3.63, 3.8) is 0 Å². The number of hydrogen-bond donors (Lipinski definition) is 0. The molecule has 0 aliphatic carbocycles. The van der Waals surface area contributed by atoms with Crippen molar-refractivity contribution in [2.24, 2.45) is 0 Å². The van der Waals surface area contributed by atoms with E-state index in [1.807, 2.05) is 12.1 Å². The number of furan rings is 1. The second kappa shape index (κ2) is 14.8. The van der Waals surface area contributed by atoms with E-state index < -0.39 is 0 Å². The van der Waals surface area contributed by atoms with Crippen LogP contribution in [0.15, 0.2) is 241 Å². The van der Waals surface area contributed by atoms with Crippen molar-refractivity contribution in [2.75, 3.05) is 4.90 Å². The van der Waals surface area contributed by atoms with Crippen molar-refractivity contribution < 1.29 is 4.42 Å². The SMILES string of the molecule is c1cc(-c2ccc(-c3cccc4ccccc34)cc2)cc(N(c2ccc(-c3cccc4oc5ccccc5c34)cc2)c2cccc(-c3ccc4c(ccc5ccccc54)c3)c2)c1. The number of hydrogen-bond acceptors (Lipinski definition) is 2. The minimum absolute atomic E-state index is 0.898. The lowest BCUT2D eigenvalue weighted by Crippen LogP contribution is -2.10. The average Bonchev–Trinajstić information content (AvgIpc) is 3.73. The second-order valence-electron chi connectivity index (χ2n) is 16.1. The molecule has 2 heteroatoms. The highest BCUT2D eigenvalue weighted by atomic mass is 16.3. The highest BCUT2D eigenvalue weighted by Gasteiger charge is 2.17. The van der Waals surface area contributed by atoms with E-state index in [1.165, 1.54) is 54.6 Å². The third-order valence-corrected chi connectivity index (χ3v) is 12.4. The van der Waals surface area contributed by atoms with Gasteiger partial charge in [-0.15, -0.1) is 0 Å². The summed E-state index contributed by atoms with van der Waals surface area (Å²) in [7, 11) is 0. The van der Waals surface area contributed by atoms with Crippen LogP contribution >= 0.6 is 0 Å². The van der Waals surface area contributed by atoms with Crippen LogP contribution < -0.4 is 4.90 Å². The number of benzene rings is 11. The first-order chi connectivity index (χ1) is 30.7. The van der Waals surface area contributed by atoms with Crippen molar-refractivity contribution in [3.05, 3.63) is 237 Å². The molecule has 0 amide bonds. The molecule has 0 N–H and O–H groups in total. The molecule has 0 aliphatic heterocycles. The van der Waals surface area contributed by atoms with Crippen LogP contribution in [0.1, 0.15) is 0 Å². The number of rotatable bonds is 7. The van der Waals surface area contributed by atoms with Crippen LogP contribution in [-0.4, -0.2) is 0 Å². The van der Waals surface area contributed by atoms with Gasteiger partial charge in [0.1, 0.15) is 11.2 Å². The van der Waals surface area contributed by atoms with E-state index >= 15 is 0 Å². The largest absolute Gasteiger partial charge is 0.456 e. The number of anilines is 3. The van der Waals surface area contributed by atoms with Gasteiger partial charge in [0.25, 0.3) is 0 Å². The fraction of sp³-hybridized carbons (Fsp3) is 0. The van der Waals surface area contributed by atoms with Crippen molar-refractivity contribution in [3.8, 4) is 44.5 Å². The van der Waals surface area contributed by atoms with E-state index in [0.29, 0.717) is 0 Å². The molecule has 1 aromatic heterocycles. The summed E-state index contributed by atoms with van der Waals surface area (Å²) < 4.78 is 6.27. The molecule has 0 fully saturated rings. The molecule has 1 heterocycles. The minimum Gasteiger partial charge on any atom is -0.456 e. The third kappa shape index (κ3) is 6.20. The van der Waals surface area contributed by atoms with E-state index in [0.717, 1.165) is 61.3 Å². The maximum Gasteiger partial charge on any atom is 0.136 e. The van der Waals surface area contributed by atoms with Crippen LogP contribution in [0.3, 0.4) is 0 Å². The fourth-order valence-corrected chi connectivity index (χ4v) is 9.41. The Labute approximate surface area is 360 Å². The zero-order valence-corrected chi connectivity index (χ0v) is 33.9. The summed E-state index contributed by atoms with van der Waals surface area (Å²) in [6.07, 6.45) is 0. The third-order valence-electron chi connectivity index (χ3n) is 12.4. The Morgan fingerprint density at radius 2 is 0.758 bits per heavy atom. The summed E-state index contributed by atoms with van der Waals surface area (Å²) in [5.41, 5.74) is 14.5. The van der Waals surface area contributed by atoms with Crippen molar-refractivity contribution in [1.82, 2.24) is 0 Å². The van der Waals surface area contributed by atoms with Gasteiger partial charge in [-0.05, 0) is 131 Å². The molecule has 0 atom stereocenters. The van der Waals surface area contributed by atoms with E-state index in [4.69, 9.17) is 4.42 Å². The van der Waals surface area contributed by atoms with Crippen molar-refractivity contribution in [1.29, 1.82) is 0 Å². The van der Waals surface area contributed by atoms with E-state index in [-0.39, 0.29) is 0 Å². The van der Waals surface area contributed by atoms with Gasteiger partial charge in [-0.3, -0.25) is 0 Å². The molecule has 0 spiro atoms. The molecule has 12 rings (SSSR count). The lowest BCUT2D eigenvalue weighted by Gasteiger charge is -2.27. The van der Waals surface area contributed by atoms with Gasteiger partial charge in [-0.25, -0.2) is 0 Å². The summed E-state index contributed by atoms with van der Waals surface area (Å²) in [6, 6.07) is 85.6. The van der Waals surface area contributed by atoms with Crippen molar-refractivity contribution >= 4 is 71.3 Å². The van der Waals surface area contributed by atoms with E-state index in [2.05, 4.69) is 229 Å². The number of para-hydroxylation sites is 1. The monoisotopic (exact) mass is 789 g/mol. The number of nitrogens with zero attached hydrogens (tertiary/aromatic N) is 1. The fourth-order valence-electron chi connectivity index (χ4n) is 9.41. The molecule has 0 aliphatic rings. The predicted molar refractivity (Wildman–Crippen MR) is 263 cm³/mol. The van der Waals surface area contributed by atoms with E-state index in [9.17, 15) is 0 Å². The number of fused-ring (bicyclic) bond motifs is 7. The highest BCUT2D eigenvalue weighted by Crippen LogP contribution is 2.42. The van der Waals surface area contributed by atoms with Gasteiger partial charge in [0.15, 0.2) is 0 Å². The molecule has 0 saturated heterocycles. The quantitative estimate of drug-likeness (QED) is 0.150. The van der Waals surface area contributed by atoms with Crippen LogP contribution in [0.25, 0.3) is 98.8 Å². The Morgan fingerprint density at radius 1 is 0.258 bits per heavy atom. The van der Waals surface area contributed by atoms with Crippen molar-refractivity contribution in [2.45, 2.75) is 0 Å². The van der Waals surface area contributed by atoms with Gasteiger partial charge < -0.3 is 9.32 Å². The first-order valence-corrected chi connectivity index (χ1v) is 21.2. The molecule has 0 unspecified atom stereocenters. The summed E-state index contributed by atoms with van der Waals surface area (Å²) in [5, 5.41) is 9.83. The molecule has 12 aromatic rings. The van der Waals surface area contributed by atoms with Gasteiger partial charge in [0.2, 0.25) is 0 Å². The molecule has 0 radical (unpaired) electrons. The van der Waals surface area contributed by atoms with Crippen LogP contribution in [-0.2, 0) is 0 Å². The van der Waals surface area contributed by atoms with E-state index in [1.54, 1.807) is 0 Å². The second-order valence-corrected chi connectivity index (χ2v) is 16.1.